The van der Waals surface area contributed by atoms with Gasteiger partial charge in [-0.25, -0.2) is 4.79 Å². The molecule has 1 aromatic heterocycles. The van der Waals surface area contributed by atoms with Crippen LogP contribution in [0.1, 0.15) is 57.6 Å². The van der Waals surface area contributed by atoms with Crippen molar-refractivity contribution in [2.75, 3.05) is 5.73 Å². The van der Waals surface area contributed by atoms with E-state index in [0.717, 1.165) is 30.3 Å². The maximum Gasteiger partial charge on any atom is 0.351 e. The van der Waals surface area contributed by atoms with Gasteiger partial charge in [0, 0.05) is 6.20 Å². The first-order valence-corrected chi connectivity index (χ1v) is 20.4. The predicted molar refractivity (Wildman–Crippen MR) is 146 cm³/mol. The third kappa shape index (κ3) is 4.63. The third-order valence-electron chi connectivity index (χ3n) is 10.4. The Morgan fingerprint density at radius 1 is 1.13 bits per heavy atom. The summed E-state index contributed by atoms with van der Waals surface area (Å²) in [5.41, 5.74) is 5.20. The highest BCUT2D eigenvalue weighted by Crippen LogP contribution is 2.58. The van der Waals surface area contributed by atoms with Crippen molar-refractivity contribution >= 4 is 23.2 Å². The van der Waals surface area contributed by atoms with Crippen molar-refractivity contribution in [3.8, 4) is 0 Å². The average Bonchev–Trinajstić information content (AvgIpc) is 3.66. The molecule has 212 valence electrons. The second-order valence-electron chi connectivity index (χ2n) is 13.6. The van der Waals surface area contributed by atoms with E-state index in [1.165, 1.54) is 37.9 Å². The molecule has 10 atom stereocenters. The number of alkyl halides is 2. The van der Waals surface area contributed by atoms with Crippen LogP contribution in [0.2, 0.25) is 31.7 Å². The van der Waals surface area contributed by atoms with Crippen LogP contribution >= 0.6 is 0 Å². The van der Waals surface area contributed by atoms with E-state index in [1.54, 1.807) is 0 Å². The molecule has 0 amide bonds. The SMILES string of the molecule is C[SiH](C)OC(C1CC2CCC1C2)C1OC(n2ccc(N)nc2=O)C(F)(F)C1O[Si](C)(C)C1CC2CCC1C2. The number of fused-ring (bicyclic) bond motifs is 4. The zero-order valence-electron chi connectivity index (χ0n) is 23.0. The standard InChI is InChI=1S/C27H43F2N3O4Si2/c1-37(2)35-22(19-13-15-5-7-17(19)11-15)23-24(36-38(3,4)20-14-16-6-8-18(20)12-16)27(28,29)25(34-23)32-10-9-21(30)31-26(32)33/h9-10,15-20,22-25,37H,5-8,11-14H2,1-4H3,(H2,30,31,33). The normalized spacial score (nSPS) is 40.4. The van der Waals surface area contributed by atoms with E-state index in [1.807, 2.05) is 0 Å². The molecule has 2 heterocycles. The molecule has 38 heavy (non-hydrogen) atoms. The molecule has 0 aromatic carbocycles. The van der Waals surface area contributed by atoms with E-state index >= 15 is 8.78 Å². The van der Waals surface area contributed by atoms with E-state index in [4.69, 9.17) is 19.3 Å². The van der Waals surface area contributed by atoms with Gasteiger partial charge in [-0.05, 0) is 99.5 Å². The minimum absolute atomic E-state index is 0.00395. The molecule has 1 saturated heterocycles. The predicted octanol–water partition coefficient (Wildman–Crippen LogP) is 4.94. The van der Waals surface area contributed by atoms with Crippen LogP contribution in [-0.2, 0) is 13.6 Å². The summed E-state index contributed by atoms with van der Waals surface area (Å²) < 4.78 is 53.7. The van der Waals surface area contributed by atoms with Gasteiger partial charge >= 0.3 is 11.6 Å². The highest BCUT2D eigenvalue weighted by molar-refractivity contribution is 6.72. The van der Waals surface area contributed by atoms with Crippen molar-refractivity contribution in [1.29, 1.82) is 0 Å². The van der Waals surface area contributed by atoms with E-state index < -0.39 is 53.5 Å². The van der Waals surface area contributed by atoms with Crippen molar-refractivity contribution in [1.82, 2.24) is 9.55 Å². The fourth-order valence-corrected chi connectivity index (χ4v) is 13.3. The van der Waals surface area contributed by atoms with Crippen LogP contribution < -0.4 is 11.4 Å². The van der Waals surface area contributed by atoms with Gasteiger partial charge < -0.3 is 19.3 Å². The molecule has 1 aromatic rings. The van der Waals surface area contributed by atoms with Gasteiger partial charge in [-0.1, -0.05) is 19.3 Å². The lowest BCUT2D eigenvalue weighted by Crippen LogP contribution is -2.55. The number of anilines is 1. The number of hydrogen-bond acceptors (Lipinski definition) is 6. The maximum absolute atomic E-state index is 16.6. The van der Waals surface area contributed by atoms with Gasteiger partial charge in [0.1, 0.15) is 18.0 Å². The van der Waals surface area contributed by atoms with Crippen molar-refractivity contribution in [3.05, 3.63) is 22.7 Å². The first-order valence-electron chi connectivity index (χ1n) is 14.6. The van der Waals surface area contributed by atoms with E-state index in [2.05, 4.69) is 31.2 Å². The summed E-state index contributed by atoms with van der Waals surface area (Å²) in [5, 5.41) is 0. The summed E-state index contributed by atoms with van der Waals surface area (Å²) in [6.07, 6.45) is 5.82. The fourth-order valence-electron chi connectivity index (χ4n) is 8.86. The minimum atomic E-state index is -3.42. The number of hydrogen-bond donors (Lipinski definition) is 1. The summed E-state index contributed by atoms with van der Waals surface area (Å²) >= 11 is 0. The monoisotopic (exact) mass is 567 g/mol. The molecule has 2 N–H and O–H groups in total. The summed E-state index contributed by atoms with van der Waals surface area (Å²) in [5.74, 6) is -0.834. The highest BCUT2D eigenvalue weighted by atomic mass is 28.4. The third-order valence-corrected chi connectivity index (χ3v) is 14.6. The van der Waals surface area contributed by atoms with Crippen molar-refractivity contribution < 1.29 is 22.4 Å². The topological polar surface area (TPSA) is 88.6 Å². The average molecular weight is 568 g/mol. The Morgan fingerprint density at radius 2 is 1.82 bits per heavy atom. The minimum Gasteiger partial charge on any atom is -0.415 e. The van der Waals surface area contributed by atoms with E-state index in [9.17, 15) is 4.79 Å². The van der Waals surface area contributed by atoms with Gasteiger partial charge in [0.05, 0.1) is 6.10 Å². The number of rotatable bonds is 8. The Balaban J connectivity index is 1.37. The number of nitrogens with zero attached hydrogens (tertiary/aromatic N) is 2. The zero-order chi connectivity index (χ0) is 27.0. The number of nitrogen functional groups attached to an aromatic ring is 1. The van der Waals surface area contributed by atoms with Crippen molar-refractivity contribution in [2.45, 2.75) is 114 Å². The number of ether oxygens (including phenoxy) is 1. The van der Waals surface area contributed by atoms with Gasteiger partial charge in [0.2, 0.25) is 6.23 Å². The molecule has 7 nitrogen and oxygen atoms in total. The summed E-state index contributed by atoms with van der Waals surface area (Å²) in [4.78, 5) is 16.4. The summed E-state index contributed by atoms with van der Waals surface area (Å²) in [6, 6.07) is 1.36. The number of nitrogens with two attached hydrogens (primary N) is 1. The van der Waals surface area contributed by atoms with Crippen LogP contribution in [0.25, 0.3) is 0 Å². The van der Waals surface area contributed by atoms with Crippen molar-refractivity contribution in [3.63, 3.8) is 0 Å². The van der Waals surface area contributed by atoms with Gasteiger partial charge in [-0.2, -0.15) is 13.8 Å². The Labute approximate surface area is 226 Å². The lowest BCUT2D eigenvalue weighted by Gasteiger charge is -2.42. The van der Waals surface area contributed by atoms with Crippen LogP contribution in [0.15, 0.2) is 17.1 Å². The van der Waals surface area contributed by atoms with E-state index in [0.29, 0.717) is 29.2 Å². The Bertz CT molecular complexity index is 1100. The van der Waals surface area contributed by atoms with Gasteiger partial charge in [0.25, 0.3) is 0 Å². The van der Waals surface area contributed by atoms with Gasteiger partial charge in [0.15, 0.2) is 17.4 Å². The lowest BCUT2D eigenvalue weighted by molar-refractivity contribution is -0.140. The number of aromatic nitrogens is 2. The lowest BCUT2D eigenvalue weighted by atomic mass is 9.81. The molecule has 10 unspecified atom stereocenters. The molecule has 1 aliphatic heterocycles. The molecule has 4 bridgehead atoms. The Morgan fingerprint density at radius 3 is 2.37 bits per heavy atom. The Kier molecular flexibility index (Phi) is 6.94. The molecule has 4 saturated carbocycles. The molecule has 0 spiro atoms. The molecule has 11 heteroatoms. The smallest absolute Gasteiger partial charge is 0.351 e. The summed E-state index contributed by atoms with van der Waals surface area (Å²) in [6.45, 7) is 8.40. The molecular weight excluding hydrogens is 524 g/mol. The van der Waals surface area contributed by atoms with Crippen LogP contribution in [0.5, 0.6) is 0 Å². The molecule has 6 rings (SSSR count). The molecule has 0 radical (unpaired) electrons. The van der Waals surface area contributed by atoms with Crippen LogP contribution in [0, 0.1) is 29.6 Å². The Hall–Kier alpha value is -1.15. The van der Waals surface area contributed by atoms with Gasteiger partial charge in [-0.3, -0.25) is 4.57 Å². The second-order valence-corrected chi connectivity index (χ2v) is 20.1. The fraction of sp³-hybridized carbons (Fsp3) is 0.852. The number of halogens is 2. The van der Waals surface area contributed by atoms with E-state index in [-0.39, 0.29) is 11.7 Å². The zero-order valence-corrected chi connectivity index (χ0v) is 25.2. The van der Waals surface area contributed by atoms with Crippen LogP contribution in [0.4, 0.5) is 14.6 Å². The molecule has 4 aliphatic carbocycles. The van der Waals surface area contributed by atoms with Crippen LogP contribution in [-0.4, -0.2) is 51.1 Å². The molecular formula is C27H43F2N3O4Si2. The first kappa shape index (κ1) is 27.0. The first-order chi connectivity index (χ1) is 17.9. The maximum atomic E-state index is 16.6. The van der Waals surface area contributed by atoms with Gasteiger partial charge in [-0.15, -0.1) is 0 Å². The molecule has 5 fully saturated rings. The van der Waals surface area contributed by atoms with Crippen molar-refractivity contribution in [2.24, 2.45) is 29.6 Å². The second kappa shape index (κ2) is 9.75. The summed E-state index contributed by atoms with van der Waals surface area (Å²) in [7, 11) is -4.14. The molecule has 5 aliphatic rings. The quantitative estimate of drug-likeness (QED) is 0.448. The van der Waals surface area contributed by atoms with Crippen LogP contribution in [0.3, 0.4) is 0 Å². The highest BCUT2D eigenvalue weighted by Gasteiger charge is 2.66. The largest absolute Gasteiger partial charge is 0.415 e.